The smallest absolute Gasteiger partial charge is 0.263 e. The number of benzene rings is 3. The zero-order valence-corrected chi connectivity index (χ0v) is 23.4. The Morgan fingerprint density at radius 2 is 1.29 bits per heavy atom. The molecular formula is C31H41NO2Si. The van der Waals surface area contributed by atoms with Gasteiger partial charge in [0.2, 0.25) is 8.32 Å². The van der Waals surface area contributed by atoms with Crippen LogP contribution in [-0.4, -0.2) is 18.8 Å². The van der Waals surface area contributed by atoms with Gasteiger partial charge in [-0.1, -0.05) is 91.0 Å². The summed E-state index contributed by atoms with van der Waals surface area (Å²) in [5.74, 6) is 0.615. The van der Waals surface area contributed by atoms with Crippen LogP contribution >= 0.6 is 0 Å². The normalized spacial score (nSPS) is 14.5. The highest BCUT2D eigenvalue weighted by molar-refractivity contribution is 6.70. The van der Waals surface area contributed by atoms with Gasteiger partial charge in [0.25, 0.3) is 5.95 Å². The summed E-state index contributed by atoms with van der Waals surface area (Å²) in [6, 6.07) is 32.2. The summed E-state index contributed by atoms with van der Waals surface area (Å²) in [6.45, 7) is 15.9. The van der Waals surface area contributed by atoms with Gasteiger partial charge in [0, 0.05) is 18.7 Å². The molecular weight excluding hydrogens is 446 g/mol. The summed E-state index contributed by atoms with van der Waals surface area (Å²) in [6.07, 6.45) is 2.18. The average Bonchev–Trinajstić information content (AvgIpc) is 2.80. The highest BCUT2D eigenvalue weighted by Gasteiger charge is 2.29. The van der Waals surface area contributed by atoms with Gasteiger partial charge < -0.3 is 9.16 Å². The molecule has 3 aromatic carbocycles. The summed E-state index contributed by atoms with van der Waals surface area (Å²) in [7, 11) is -1.90. The molecule has 3 aromatic rings. The SMILES string of the molecule is C[C@H](c1ccccc1)N(Cc1ccccc1)[C@@H](/C=C(/OC(C)(C)C)O[Si](C)(C)C)c1ccccc1. The molecule has 0 heterocycles. The number of hydrogen-bond acceptors (Lipinski definition) is 3. The highest BCUT2D eigenvalue weighted by atomic mass is 28.4. The van der Waals surface area contributed by atoms with E-state index in [1.807, 2.05) is 0 Å². The van der Waals surface area contributed by atoms with E-state index >= 15 is 0 Å². The molecule has 0 N–H and O–H groups in total. The Labute approximate surface area is 213 Å². The Balaban J connectivity index is 2.14. The molecule has 0 spiro atoms. The third-order valence-corrected chi connectivity index (χ3v) is 6.41. The Morgan fingerprint density at radius 1 is 0.800 bits per heavy atom. The van der Waals surface area contributed by atoms with Crippen LogP contribution in [-0.2, 0) is 15.7 Å². The Kier molecular flexibility index (Phi) is 8.98. The lowest BCUT2D eigenvalue weighted by molar-refractivity contribution is -0.0115. The maximum absolute atomic E-state index is 6.50. The summed E-state index contributed by atoms with van der Waals surface area (Å²) < 4.78 is 12.9. The molecule has 3 nitrogen and oxygen atoms in total. The molecule has 0 fully saturated rings. The molecule has 0 radical (unpaired) electrons. The van der Waals surface area contributed by atoms with Crippen LogP contribution < -0.4 is 0 Å². The number of rotatable bonds is 10. The summed E-state index contributed by atoms with van der Waals surface area (Å²) >= 11 is 0. The fourth-order valence-electron chi connectivity index (χ4n) is 4.05. The van der Waals surface area contributed by atoms with Gasteiger partial charge in [-0.2, -0.15) is 0 Å². The first kappa shape index (κ1) is 26.8. The average molecular weight is 488 g/mol. The van der Waals surface area contributed by atoms with Gasteiger partial charge in [0.1, 0.15) is 5.60 Å². The van der Waals surface area contributed by atoms with E-state index in [0.717, 1.165) is 6.54 Å². The van der Waals surface area contributed by atoms with Gasteiger partial charge >= 0.3 is 0 Å². The molecule has 186 valence electrons. The largest absolute Gasteiger partial charge is 0.520 e. The second-order valence-electron chi connectivity index (χ2n) is 11.0. The van der Waals surface area contributed by atoms with E-state index in [1.165, 1.54) is 16.7 Å². The van der Waals surface area contributed by atoms with Gasteiger partial charge in [-0.25, -0.2) is 0 Å². The minimum atomic E-state index is -1.90. The van der Waals surface area contributed by atoms with Crippen molar-refractivity contribution >= 4 is 8.32 Å². The molecule has 0 unspecified atom stereocenters. The van der Waals surface area contributed by atoms with Crippen LogP contribution in [0, 0.1) is 0 Å². The number of hydrogen-bond donors (Lipinski definition) is 0. The molecule has 2 atom stereocenters. The van der Waals surface area contributed by atoms with Gasteiger partial charge in [-0.3, -0.25) is 4.90 Å². The second-order valence-corrected chi connectivity index (χ2v) is 15.4. The fourth-order valence-corrected chi connectivity index (χ4v) is 4.76. The van der Waals surface area contributed by atoms with Crippen LogP contribution in [0.2, 0.25) is 19.6 Å². The minimum Gasteiger partial charge on any atom is -0.520 e. The lowest BCUT2D eigenvalue weighted by atomic mass is 9.98. The minimum absolute atomic E-state index is 0.0414. The van der Waals surface area contributed by atoms with Crippen LogP contribution in [0.15, 0.2) is 103 Å². The van der Waals surface area contributed by atoms with Crippen molar-refractivity contribution in [3.8, 4) is 0 Å². The molecule has 4 heteroatoms. The van der Waals surface area contributed by atoms with Crippen LogP contribution in [0.1, 0.15) is 56.5 Å². The lowest BCUT2D eigenvalue weighted by Gasteiger charge is -2.37. The topological polar surface area (TPSA) is 21.7 Å². The van der Waals surface area contributed by atoms with Gasteiger partial charge in [0.15, 0.2) is 0 Å². The van der Waals surface area contributed by atoms with Crippen molar-refractivity contribution in [3.05, 3.63) is 120 Å². The first-order valence-corrected chi connectivity index (χ1v) is 15.9. The molecule has 0 aromatic heterocycles. The molecule has 3 rings (SSSR count). The summed E-state index contributed by atoms with van der Waals surface area (Å²) in [5.41, 5.74) is 3.40. The monoisotopic (exact) mass is 487 g/mol. The van der Waals surface area contributed by atoms with E-state index in [1.54, 1.807) is 0 Å². The van der Waals surface area contributed by atoms with E-state index in [9.17, 15) is 0 Å². The standard InChI is InChI=1S/C31H41NO2Si/c1-25(27-19-13-9-14-20-27)32(24-26-17-11-8-12-18-26)29(28-21-15-10-16-22-28)23-30(33-31(2,3)4)34-35(5,6)7/h8-23,25,29H,24H2,1-7H3/b30-23-/t25-,29+/m1/s1. The van der Waals surface area contributed by atoms with E-state index in [-0.39, 0.29) is 17.7 Å². The van der Waals surface area contributed by atoms with Gasteiger partial charge in [-0.15, -0.1) is 0 Å². The Bertz CT molecular complexity index is 1040. The summed E-state index contributed by atoms with van der Waals surface area (Å²) in [4.78, 5) is 2.53. The Morgan fingerprint density at radius 3 is 1.77 bits per heavy atom. The molecule has 0 saturated heterocycles. The number of ether oxygens (including phenoxy) is 1. The molecule has 0 aliphatic carbocycles. The van der Waals surface area contributed by atoms with Crippen molar-refractivity contribution in [1.82, 2.24) is 4.90 Å². The van der Waals surface area contributed by atoms with Crippen molar-refractivity contribution in [2.24, 2.45) is 0 Å². The van der Waals surface area contributed by atoms with E-state index < -0.39 is 8.32 Å². The highest BCUT2D eigenvalue weighted by Crippen LogP contribution is 2.35. The van der Waals surface area contributed by atoms with Crippen LogP contribution in [0.5, 0.6) is 0 Å². The van der Waals surface area contributed by atoms with E-state index in [0.29, 0.717) is 5.95 Å². The zero-order chi connectivity index (χ0) is 25.5. The van der Waals surface area contributed by atoms with Crippen molar-refractivity contribution in [2.75, 3.05) is 0 Å². The van der Waals surface area contributed by atoms with Gasteiger partial charge in [-0.05, 0) is 64.0 Å². The van der Waals surface area contributed by atoms with Crippen LogP contribution in [0.25, 0.3) is 0 Å². The molecule has 35 heavy (non-hydrogen) atoms. The summed E-state index contributed by atoms with van der Waals surface area (Å²) in [5, 5.41) is 0. The van der Waals surface area contributed by atoms with Crippen molar-refractivity contribution < 1.29 is 9.16 Å². The maximum Gasteiger partial charge on any atom is 0.263 e. The lowest BCUT2D eigenvalue weighted by Crippen LogP contribution is -2.33. The van der Waals surface area contributed by atoms with Crippen molar-refractivity contribution in [2.45, 2.75) is 71.6 Å². The van der Waals surface area contributed by atoms with Crippen LogP contribution in [0.4, 0.5) is 0 Å². The predicted octanol–water partition coefficient (Wildman–Crippen LogP) is 8.50. The molecule has 0 saturated carbocycles. The van der Waals surface area contributed by atoms with Gasteiger partial charge in [0.05, 0.1) is 6.04 Å². The van der Waals surface area contributed by atoms with Crippen molar-refractivity contribution in [3.63, 3.8) is 0 Å². The number of nitrogens with zero attached hydrogens (tertiary/aromatic N) is 1. The van der Waals surface area contributed by atoms with E-state index in [2.05, 4.69) is 149 Å². The quantitative estimate of drug-likeness (QED) is 0.211. The maximum atomic E-state index is 6.50. The second kappa shape index (κ2) is 11.7. The van der Waals surface area contributed by atoms with Crippen LogP contribution in [0.3, 0.4) is 0 Å². The van der Waals surface area contributed by atoms with E-state index in [4.69, 9.17) is 9.16 Å². The molecule has 0 aliphatic heterocycles. The third kappa shape index (κ3) is 8.72. The third-order valence-electron chi connectivity index (χ3n) is 5.59. The molecule has 0 aliphatic rings. The first-order valence-electron chi connectivity index (χ1n) is 12.5. The fraction of sp³-hybridized carbons (Fsp3) is 0.355. The first-order chi connectivity index (χ1) is 16.5. The molecule has 0 amide bonds. The zero-order valence-electron chi connectivity index (χ0n) is 22.4. The van der Waals surface area contributed by atoms with Crippen molar-refractivity contribution in [1.29, 1.82) is 0 Å². The Hall–Kier alpha value is -2.82. The predicted molar refractivity (Wildman–Crippen MR) is 149 cm³/mol. The molecule has 0 bridgehead atoms.